The van der Waals surface area contributed by atoms with Gasteiger partial charge in [-0.1, -0.05) is 0 Å². The van der Waals surface area contributed by atoms with Gasteiger partial charge in [-0.05, 0) is 45.4 Å². The van der Waals surface area contributed by atoms with E-state index in [-0.39, 0.29) is 29.1 Å². The molecule has 0 spiro atoms. The van der Waals surface area contributed by atoms with Crippen LogP contribution in [0.2, 0.25) is 0 Å². The second-order valence-corrected chi connectivity index (χ2v) is 7.93. The first-order chi connectivity index (χ1) is 14.0. The first-order valence-corrected chi connectivity index (χ1v) is 9.25. The fraction of sp³-hybridized carbons (Fsp3) is 0.450. The average molecular weight is 427 g/mol. The third kappa shape index (κ3) is 5.24. The van der Waals surface area contributed by atoms with Crippen molar-refractivity contribution in [2.75, 3.05) is 11.9 Å². The van der Waals surface area contributed by atoms with Gasteiger partial charge in [-0.25, -0.2) is 32.3 Å². The molecule has 1 aliphatic rings. The van der Waals surface area contributed by atoms with Crippen LogP contribution in [0.25, 0.3) is 11.3 Å². The normalized spacial score (nSPS) is 18.7. The Hall–Kier alpha value is -2.75. The number of anilines is 1. The van der Waals surface area contributed by atoms with Crippen LogP contribution in [0.15, 0.2) is 24.5 Å². The van der Waals surface area contributed by atoms with Crippen molar-refractivity contribution in [3.63, 3.8) is 0 Å². The van der Waals surface area contributed by atoms with Gasteiger partial charge in [0.25, 0.3) is 5.92 Å². The molecule has 0 bridgehead atoms. The van der Waals surface area contributed by atoms with Crippen molar-refractivity contribution in [1.29, 1.82) is 0 Å². The van der Waals surface area contributed by atoms with Crippen LogP contribution in [0.5, 0.6) is 0 Å². The van der Waals surface area contributed by atoms with Gasteiger partial charge in [0, 0.05) is 12.0 Å². The summed E-state index contributed by atoms with van der Waals surface area (Å²) in [5.74, 6) is -4.48. The summed E-state index contributed by atoms with van der Waals surface area (Å²) in [4.78, 5) is 20.4. The molecule has 1 aromatic heterocycles. The van der Waals surface area contributed by atoms with Crippen molar-refractivity contribution in [3.05, 3.63) is 41.9 Å². The zero-order valence-corrected chi connectivity index (χ0v) is 16.6. The minimum Gasteiger partial charge on any atom is -0.444 e. The van der Waals surface area contributed by atoms with Gasteiger partial charge >= 0.3 is 6.09 Å². The number of nitrogens with one attached hydrogen (secondary N) is 1. The number of aromatic nitrogens is 2. The van der Waals surface area contributed by atoms with Crippen LogP contribution in [0.1, 0.15) is 45.4 Å². The highest BCUT2D eigenvalue weighted by atomic mass is 19.3. The highest BCUT2D eigenvalue weighted by Crippen LogP contribution is 2.40. The molecule has 1 fully saturated rings. The lowest BCUT2D eigenvalue weighted by atomic mass is 10.00. The summed E-state index contributed by atoms with van der Waals surface area (Å²) in [6.45, 7) is 4.12. The van der Waals surface area contributed by atoms with Crippen LogP contribution in [0.4, 0.5) is 28.0 Å². The molecule has 30 heavy (non-hydrogen) atoms. The van der Waals surface area contributed by atoms with Crippen molar-refractivity contribution < 1.29 is 31.8 Å². The molecule has 2 heterocycles. The number of rotatable bonds is 3. The Kier molecular flexibility index (Phi) is 5.98. The van der Waals surface area contributed by atoms with Gasteiger partial charge in [0.15, 0.2) is 0 Å². The predicted octanol–water partition coefficient (Wildman–Crippen LogP) is 5.26. The summed E-state index contributed by atoms with van der Waals surface area (Å²) >= 11 is 0. The minimum absolute atomic E-state index is 0.0741. The first-order valence-electron chi connectivity index (χ1n) is 9.25. The van der Waals surface area contributed by atoms with E-state index in [9.17, 15) is 22.4 Å². The SMILES string of the molecule is CC(C)(C)OC(=O)Nc1c(-c2cc(F)ccc2F)ncnc1C1CCC(F)(F)CO1. The van der Waals surface area contributed by atoms with Gasteiger partial charge in [0.2, 0.25) is 0 Å². The zero-order chi connectivity index (χ0) is 22.1. The summed E-state index contributed by atoms with van der Waals surface area (Å²) < 4.78 is 65.6. The Morgan fingerprint density at radius 2 is 2.00 bits per heavy atom. The molecule has 162 valence electrons. The molecule has 1 amide bonds. The molecule has 0 aliphatic carbocycles. The van der Waals surface area contributed by atoms with Crippen LogP contribution in [0.3, 0.4) is 0 Å². The number of carbonyl (C=O) groups excluding carboxylic acids is 1. The molecular weight excluding hydrogens is 406 g/mol. The van der Waals surface area contributed by atoms with E-state index in [1.807, 2.05) is 0 Å². The number of carbonyl (C=O) groups is 1. The molecule has 1 unspecified atom stereocenters. The molecule has 1 N–H and O–H groups in total. The predicted molar refractivity (Wildman–Crippen MR) is 100 cm³/mol. The van der Waals surface area contributed by atoms with E-state index in [1.54, 1.807) is 20.8 Å². The van der Waals surface area contributed by atoms with Gasteiger partial charge in [0.05, 0.1) is 11.4 Å². The van der Waals surface area contributed by atoms with Crippen LogP contribution < -0.4 is 5.32 Å². The van der Waals surface area contributed by atoms with Crippen molar-refractivity contribution in [1.82, 2.24) is 9.97 Å². The number of halogens is 4. The van der Waals surface area contributed by atoms with Crippen molar-refractivity contribution in [3.8, 4) is 11.3 Å². The van der Waals surface area contributed by atoms with Gasteiger partial charge in [-0.3, -0.25) is 5.32 Å². The molecule has 1 aliphatic heterocycles. The molecule has 2 aromatic rings. The van der Waals surface area contributed by atoms with Crippen molar-refractivity contribution in [2.45, 2.75) is 51.2 Å². The first kappa shape index (κ1) is 21.9. The average Bonchev–Trinajstić information content (AvgIpc) is 2.63. The number of hydrogen-bond acceptors (Lipinski definition) is 5. The van der Waals surface area contributed by atoms with Gasteiger partial charge in [-0.2, -0.15) is 0 Å². The Bertz CT molecular complexity index is 937. The molecule has 10 heteroatoms. The molecule has 1 saturated heterocycles. The number of amides is 1. The van der Waals surface area contributed by atoms with Gasteiger partial charge in [0.1, 0.15) is 42.0 Å². The van der Waals surface area contributed by atoms with Crippen LogP contribution >= 0.6 is 0 Å². The van der Waals surface area contributed by atoms with Crippen LogP contribution in [-0.2, 0) is 9.47 Å². The molecule has 3 rings (SSSR count). The highest BCUT2D eigenvalue weighted by Gasteiger charge is 2.38. The monoisotopic (exact) mass is 427 g/mol. The van der Waals surface area contributed by atoms with E-state index in [2.05, 4.69) is 15.3 Å². The van der Waals surface area contributed by atoms with E-state index < -0.39 is 48.4 Å². The van der Waals surface area contributed by atoms with Crippen molar-refractivity contribution >= 4 is 11.8 Å². The molecule has 6 nitrogen and oxygen atoms in total. The van der Waals surface area contributed by atoms with E-state index >= 15 is 0 Å². The topological polar surface area (TPSA) is 73.3 Å². The summed E-state index contributed by atoms with van der Waals surface area (Å²) in [5.41, 5.74) is -1.21. The maximum atomic E-state index is 14.4. The van der Waals surface area contributed by atoms with E-state index in [4.69, 9.17) is 9.47 Å². The highest BCUT2D eigenvalue weighted by molar-refractivity contribution is 5.91. The van der Waals surface area contributed by atoms with E-state index in [0.29, 0.717) is 0 Å². The van der Waals surface area contributed by atoms with E-state index in [0.717, 1.165) is 24.5 Å². The van der Waals surface area contributed by atoms with Gasteiger partial charge in [-0.15, -0.1) is 0 Å². The Labute approximate surface area is 170 Å². The van der Waals surface area contributed by atoms with Crippen molar-refractivity contribution in [2.24, 2.45) is 0 Å². The number of benzene rings is 1. The summed E-state index contributed by atoms with van der Waals surface area (Å²) in [6, 6.07) is 2.77. The lowest BCUT2D eigenvalue weighted by Gasteiger charge is -2.30. The molecule has 1 aromatic carbocycles. The smallest absolute Gasteiger partial charge is 0.412 e. The quantitative estimate of drug-likeness (QED) is 0.677. The van der Waals surface area contributed by atoms with Crippen LogP contribution in [0, 0.1) is 11.6 Å². The minimum atomic E-state index is -2.97. The summed E-state index contributed by atoms with van der Waals surface area (Å²) in [6.07, 6.45) is -1.24. The van der Waals surface area contributed by atoms with Gasteiger partial charge < -0.3 is 9.47 Å². The number of ether oxygens (including phenoxy) is 2. The third-order valence-electron chi connectivity index (χ3n) is 4.26. The summed E-state index contributed by atoms with van der Waals surface area (Å²) in [7, 11) is 0. The molecular formula is C20H21F4N3O3. The fourth-order valence-electron chi connectivity index (χ4n) is 2.99. The van der Waals surface area contributed by atoms with E-state index in [1.165, 1.54) is 0 Å². The largest absolute Gasteiger partial charge is 0.444 e. The molecule has 0 radical (unpaired) electrons. The second-order valence-electron chi connectivity index (χ2n) is 7.93. The lowest BCUT2D eigenvalue weighted by molar-refractivity contribution is -0.146. The second kappa shape index (κ2) is 8.17. The Morgan fingerprint density at radius 1 is 1.27 bits per heavy atom. The Balaban J connectivity index is 2.06. The fourth-order valence-corrected chi connectivity index (χ4v) is 2.99. The summed E-state index contributed by atoms with van der Waals surface area (Å²) in [5, 5.41) is 2.46. The third-order valence-corrected chi connectivity index (χ3v) is 4.26. The Morgan fingerprint density at radius 3 is 2.63 bits per heavy atom. The van der Waals surface area contributed by atoms with Crippen LogP contribution in [-0.4, -0.2) is 34.2 Å². The zero-order valence-electron chi connectivity index (χ0n) is 16.6. The number of alkyl halides is 2. The number of nitrogens with zero attached hydrogens (tertiary/aromatic N) is 2. The lowest BCUT2D eigenvalue weighted by Crippen LogP contribution is -2.32. The number of hydrogen-bond donors (Lipinski definition) is 1. The standard InChI is InChI=1S/C20H21F4N3O3/c1-19(2,3)30-18(28)27-17-15(12-8-11(21)4-5-13(12)22)25-10-26-16(17)14-6-7-20(23,24)9-29-14/h4-5,8,10,14H,6-7,9H2,1-3H3,(H,27,28). The maximum Gasteiger partial charge on any atom is 0.412 e. The molecule has 0 saturated carbocycles. The molecule has 1 atom stereocenters. The maximum absolute atomic E-state index is 14.4.